The molecule has 0 fully saturated rings. The molecule has 0 unspecified atom stereocenters. The molecular formula is C16H15N5O3. The number of hydrogen-bond acceptors (Lipinski definition) is 6. The zero-order valence-electron chi connectivity index (χ0n) is 12.8. The highest BCUT2D eigenvalue weighted by Gasteiger charge is 2.07. The second-order valence-electron chi connectivity index (χ2n) is 4.99. The lowest BCUT2D eigenvalue weighted by atomic mass is 10.3. The van der Waals surface area contributed by atoms with Gasteiger partial charge in [0.1, 0.15) is 11.4 Å². The van der Waals surface area contributed by atoms with Crippen molar-refractivity contribution in [1.29, 1.82) is 0 Å². The molecule has 8 nitrogen and oxygen atoms in total. The molecule has 2 aromatic heterocycles. The lowest BCUT2D eigenvalue weighted by Crippen LogP contribution is -2.06. The van der Waals surface area contributed by atoms with Crippen molar-refractivity contribution >= 4 is 5.69 Å². The van der Waals surface area contributed by atoms with Crippen molar-refractivity contribution in [3.05, 3.63) is 65.4 Å². The molecule has 24 heavy (non-hydrogen) atoms. The summed E-state index contributed by atoms with van der Waals surface area (Å²) in [6, 6.07) is 6.05. The molecule has 0 aliphatic carbocycles. The normalized spacial score (nSPS) is 10.5. The van der Waals surface area contributed by atoms with Gasteiger partial charge in [0, 0.05) is 43.5 Å². The van der Waals surface area contributed by atoms with Gasteiger partial charge in [0.25, 0.3) is 5.69 Å². The molecule has 0 amide bonds. The lowest BCUT2D eigenvalue weighted by Gasteiger charge is -2.08. The van der Waals surface area contributed by atoms with Gasteiger partial charge >= 0.3 is 0 Å². The first kappa shape index (κ1) is 15.6. The number of ether oxygens (including phenoxy) is 1. The number of rotatable bonds is 7. The van der Waals surface area contributed by atoms with E-state index in [0.29, 0.717) is 12.4 Å². The lowest BCUT2D eigenvalue weighted by molar-refractivity contribution is -0.384. The van der Waals surface area contributed by atoms with Crippen LogP contribution < -0.4 is 4.74 Å². The molecule has 0 aliphatic heterocycles. The number of non-ortho nitro benzene ring substituents is 1. The van der Waals surface area contributed by atoms with Crippen molar-refractivity contribution in [3.8, 4) is 17.3 Å². The molecule has 0 aliphatic rings. The van der Waals surface area contributed by atoms with Crippen LogP contribution in [-0.4, -0.2) is 31.0 Å². The molecule has 0 N–H and O–H groups in total. The average Bonchev–Trinajstić information content (AvgIpc) is 3.08. The van der Waals surface area contributed by atoms with Crippen molar-refractivity contribution in [2.45, 2.75) is 13.0 Å². The van der Waals surface area contributed by atoms with E-state index in [2.05, 4.69) is 15.0 Å². The molecule has 0 saturated carbocycles. The van der Waals surface area contributed by atoms with Crippen LogP contribution in [-0.2, 0) is 6.54 Å². The minimum atomic E-state index is -0.434. The van der Waals surface area contributed by atoms with Gasteiger partial charge in [-0.2, -0.15) is 0 Å². The molecular weight excluding hydrogens is 310 g/mol. The Kier molecular flexibility index (Phi) is 4.76. The molecule has 0 atom stereocenters. The van der Waals surface area contributed by atoms with E-state index in [1.807, 2.05) is 10.8 Å². The maximum absolute atomic E-state index is 10.6. The fourth-order valence-corrected chi connectivity index (χ4v) is 2.23. The molecule has 0 spiro atoms. The van der Waals surface area contributed by atoms with E-state index in [0.717, 1.165) is 24.5 Å². The van der Waals surface area contributed by atoms with Crippen LogP contribution in [0.2, 0.25) is 0 Å². The number of aromatic nitrogens is 4. The molecule has 3 rings (SSSR count). The van der Waals surface area contributed by atoms with Crippen LogP contribution in [0.1, 0.15) is 6.42 Å². The smallest absolute Gasteiger partial charge is 0.269 e. The first-order valence-electron chi connectivity index (χ1n) is 7.39. The van der Waals surface area contributed by atoms with E-state index in [9.17, 15) is 10.1 Å². The second-order valence-corrected chi connectivity index (χ2v) is 4.99. The summed E-state index contributed by atoms with van der Waals surface area (Å²) in [4.78, 5) is 22.8. The summed E-state index contributed by atoms with van der Waals surface area (Å²) in [6.07, 6.45) is 9.30. The van der Waals surface area contributed by atoms with Gasteiger partial charge in [-0.1, -0.05) is 0 Å². The Morgan fingerprint density at radius 3 is 2.67 bits per heavy atom. The minimum absolute atomic E-state index is 0.0503. The summed E-state index contributed by atoms with van der Waals surface area (Å²) in [5.74, 6) is 1.37. The number of nitrogens with zero attached hydrogens (tertiary/aromatic N) is 5. The Balaban J connectivity index is 1.52. The fourth-order valence-electron chi connectivity index (χ4n) is 2.23. The predicted octanol–water partition coefficient (Wildman–Crippen LogP) is 2.72. The Morgan fingerprint density at radius 2 is 1.96 bits per heavy atom. The van der Waals surface area contributed by atoms with Gasteiger partial charge in [0.05, 0.1) is 17.7 Å². The number of hydrogen-bond donors (Lipinski definition) is 0. The number of benzene rings is 1. The zero-order chi connectivity index (χ0) is 16.8. The third kappa shape index (κ3) is 3.72. The molecule has 8 heteroatoms. The largest absolute Gasteiger partial charge is 0.494 e. The van der Waals surface area contributed by atoms with Gasteiger partial charge in [0.15, 0.2) is 5.82 Å². The average molecular weight is 325 g/mol. The summed E-state index contributed by atoms with van der Waals surface area (Å²) in [5, 5.41) is 10.6. The van der Waals surface area contributed by atoms with Crippen LogP contribution in [0.3, 0.4) is 0 Å². The first-order chi connectivity index (χ1) is 11.7. The Morgan fingerprint density at radius 1 is 1.12 bits per heavy atom. The fraction of sp³-hybridized carbons (Fsp3) is 0.188. The Hall–Kier alpha value is -3.29. The summed E-state index contributed by atoms with van der Waals surface area (Å²) >= 11 is 0. The van der Waals surface area contributed by atoms with Gasteiger partial charge < -0.3 is 9.30 Å². The highest BCUT2D eigenvalue weighted by molar-refractivity contribution is 5.47. The molecule has 0 bridgehead atoms. The van der Waals surface area contributed by atoms with E-state index in [-0.39, 0.29) is 5.69 Å². The summed E-state index contributed by atoms with van der Waals surface area (Å²) in [5.41, 5.74) is 0.771. The van der Waals surface area contributed by atoms with E-state index in [1.54, 1.807) is 36.9 Å². The van der Waals surface area contributed by atoms with E-state index >= 15 is 0 Å². The minimum Gasteiger partial charge on any atom is -0.494 e. The molecule has 0 saturated heterocycles. The Labute approximate surface area is 137 Å². The third-order valence-corrected chi connectivity index (χ3v) is 3.37. The molecule has 2 heterocycles. The van der Waals surface area contributed by atoms with Crippen molar-refractivity contribution in [1.82, 2.24) is 19.5 Å². The van der Waals surface area contributed by atoms with Crippen LogP contribution in [0.15, 0.2) is 55.2 Å². The molecule has 0 radical (unpaired) electrons. The monoisotopic (exact) mass is 325 g/mol. The number of imidazole rings is 1. The van der Waals surface area contributed by atoms with Gasteiger partial charge in [-0.05, 0) is 18.6 Å². The van der Waals surface area contributed by atoms with Gasteiger partial charge in [-0.3, -0.25) is 15.1 Å². The molecule has 122 valence electrons. The summed E-state index contributed by atoms with van der Waals surface area (Å²) in [7, 11) is 0. The third-order valence-electron chi connectivity index (χ3n) is 3.37. The second kappa shape index (κ2) is 7.32. The summed E-state index contributed by atoms with van der Waals surface area (Å²) < 4.78 is 7.59. The number of nitro benzene ring substituents is 1. The quantitative estimate of drug-likeness (QED) is 0.376. The van der Waals surface area contributed by atoms with Crippen LogP contribution in [0.25, 0.3) is 11.5 Å². The van der Waals surface area contributed by atoms with E-state index in [4.69, 9.17) is 4.74 Å². The maximum atomic E-state index is 10.6. The standard InChI is InChI=1S/C16H15N5O3/c22-21(23)13-2-4-14(5-3-13)24-11-1-9-20-10-8-19-16(20)15-12-17-6-7-18-15/h2-8,10,12H,1,9,11H2. The van der Waals surface area contributed by atoms with Gasteiger partial charge in [-0.25, -0.2) is 9.97 Å². The number of aryl methyl sites for hydroxylation is 1. The van der Waals surface area contributed by atoms with Crippen LogP contribution >= 0.6 is 0 Å². The zero-order valence-corrected chi connectivity index (χ0v) is 12.8. The Bertz CT molecular complexity index is 802. The SMILES string of the molecule is O=[N+]([O-])c1ccc(OCCCn2ccnc2-c2cnccn2)cc1. The summed E-state index contributed by atoms with van der Waals surface area (Å²) in [6.45, 7) is 1.22. The van der Waals surface area contributed by atoms with Crippen LogP contribution in [0.5, 0.6) is 5.75 Å². The van der Waals surface area contributed by atoms with Crippen molar-refractivity contribution in [2.75, 3.05) is 6.61 Å². The van der Waals surface area contributed by atoms with Gasteiger partial charge in [-0.15, -0.1) is 0 Å². The van der Waals surface area contributed by atoms with Crippen molar-refractivity contribution in [3.63, 3.8) is 0 Å². The van der Waals surface area contributed by atoms with Gasteiger partial charge in [0.2, 0.25) is 0 Å². The van der Waals surface area contributed by atoms with E-state index in [1.165, 1.54) is 12.1 Å². The van der Waals surface area contributed by atoms with E-state index < -0.39 is 4.92 Å². The molecule has 3 aromatic rings. The van der Waals surface area contributed by atoms with Crippen LogP contribution in [0.4, 0.5) is 5.69 Å². The number of nitro groups is 1. The predicted molar refractivity (Wildman–Crippen MR) is 86.5 cm³/mol. The highest BCUT2D eigenvalue weighted by Crippen LogP contribution is 2.18. The van der Waals surface area contributed by atoms with Crippen LogP contribution in [0, 0.1) is 10.1 Å². The highest BCUT2D eigenvalue weighted by atomic mass is 16.6. The van der Waals surface area contributed by atoms with Crippen molar-refractivity contribution < 1.29 is 9.66 Å². The topological polar surface area (TPSA) is 96.0 Å². The maximum Gasteiger partial charge on any atom is 0.269 e. The van der Waals surface area contributed by atoms with Crippen molar-refractivity contribution in [2.24, 2.45) is 0 Å². The molecule has 1 aromatic carbocycles. The first-order valence-corrected chi connectivity index (χ1v) is 7.39.